The van der Waals surface area contributed by atoms with E-state index >= 15 is 0 Å². The van der Waals surface area contributed by atoms with E-state index in [-0.39, 0.29) is 0 Å². The number of thioether (sulfide) groups is 1. The maximum absolute atomic E-state index is 6.36. The topological polar surface area (TPSA) is 0 Å². The third-order valence-electron chi connectivity index (χ3n) is 3.49. The van der Waals surface area contributed by atoms with Crippen molar-refractivity contribution in [3.05, 3.63) is 64.2 Å². The van der Waals surface area contributed by atoms with Gasteiger partial charge in [-0.3, -0.25) is 0 Å². The fraction of sp³-hybridized carbons (Fsp3) is 0.250. The van der Waals surface area contributed by atoms with Crippen LogP contribution in [0.3, 0.4) is 0 Å². The minimum atomic E-state index is 0.454. The number of benzene rings is 2. The summed E-state index contributed by atoms with van der Waals surface area (Å²) in [5, 5.41) is 0.891. The number of hydrogen-bond acceptors (Lipinski definition) is 1. The van der Waals surface area contributed by atoms with Gasteiger partial charge in [0.05, 0.1) is 0 Å². The quantitative estimate of drug-likeness (QED) is 0.682. The van der Waals surface area contributed by atoms with Gasteiger partial charge >= 0.3 is 0 Å². The largest absolute Gasteiger partial charge is 0.126 e. The van der Waals surface area contributed by atoms with Crippen LogP contribution in [0.2, 0.25) is 5.02 Å². The molecule has 0 aromatic heterocycles. The summed E-state index contributed by atoms with van der Waals surface area (Å²) >= 11 is 8.32. The minimum Gasteiger partial charge on any atom is -0.126 e. The first-order chi connectivity index (χ1) is 8.75. The molecular weight excluding hydrogens is 260 g/mol. The Hall–Kier alpha value is -0.920. The zero-order chi connectivity index (χ0) is 12.5. The summed E-state index contributed by atoms with van der Waals surface area (Å²) in [5.41, 5.74) is 4.04. The second kappa shape index (κ2) is 4.99. The van der Waals surface area contributed by atoms with E-state index in [1.807, 2.05) is 23.9 Å². The third-order valence-corrected chi connectivity index (χ3v) is 4.95. The Morgan fingerprint density at radius 3 is 2.78 bits per heavy atom. The van der Waals surface area contributed by atoms with Crippen LogP contribution in [0.5, 0.6) is 0 Å². The maximum atomic E-state index is 6.36. The Morgan fingerprint density at radius 1 is 1.11 bits per heavy atom. The van der Waals surface area contributed by atoms with Crippen molar-refractivity contribution in [2.75, 3.05) is 5.75 Å². The van der Waals surface area contributed by atoms with Gasteiger partial charge in [-0.15, -0.1) is 11.8 Å². The average molecular weight is 275 g/mol. The summed E-state index contributed by atoms with van der Waals surface area (Å²) < 4.78 is 0. The van der Waals surface area contributed by atoms with E-state index in [9.17, 15) is 0 Å². The van der Waals surface area contributed by atoms with E-state index < -0.39 is 0 Å². The molecule has 3 rings (SSSR count). The smallest absolute Gasteiger partial charge is 0.0444 e. The highest BCUT2D eigenvalue weighted by atomic mass is 35.5. The van der Waals surface area contributed by atoms with Gasteiger partial charge in [0.2, 0.25) is 0 Å². The van der Waals surface area contributed by atoms with Crippen LogP contribution in [0.15, 0.2) is 47.4 Å². The van der Waals surface area contributed by atoms with Crippen molar-refractivity contribution in [3.8, 4) is 0 Å². The van der Waals surface area contributed by atoms with E-state index in [4.69, 9.17) is 11.6 Å². The molecule has 0 nitrogen and oxygen atoms in total. The summed E-state index contributed by atoms with van der Waals surface area (Å²) in [7, 11) is 0. The van der Waals surface area contributed by atoms with Crippen LogP contribution >= 0.6 is 23.4 Å². The zero-order valence-electron chi connectivity index (χ0n) is 10.3. The molecule has 18 heavy (non-hydrogen) atoms. The summed E-state index contributed by atoms with van der Waals surface area (Å²) in [6.07, 6.45) is 1.17. The standard InChI is InChI=1S/C16H15ClS/c1-11-6-7-16-14(10-11)12(8-9-18-16)13-4-2-3-5-15(13)17/h2-7,10,12H,8-9H2,1H3. The van der Waals surface area contributed by atoms with E-state index in [2.05, 4.69) is 37.3 Å². The van der Waals surface area contributed by atoms with Crippen LogP contribution in [0, 0.1) is 6.92 Å². The SMILES string of the molecule is Cc1ccc2c(c1)C(c1ccccc1Cl)CCS2. The lowest BCUT2D eigenvalue weighted by Gasteiger charge is -2.26. The van der Waals surface area contributed by atoms with Crippen molar-refractivity contribution in [2.24, 2.45) is 0 Å². The Bertz CT molecular complexity index is 577. The molecule has 1 atom stereocenters. The lowest BCUT2D eigenvalue weighted by molar-refractivity contribution is 0.754. The van der Waals surface area contributed by atoms with Crippen molar-refractivity contribution in [3.63, 3.8) is 0 Å². The highest BCUT2D eigenvalue weighted by molar-refractivity contribution is 7.99. The minimum absolute atomic E-state index is 0.454. The highest BCUT2D eigenvalue weighted by Gasteiger charge is 2.23. The lowest BCUT2D eigenvalue weighted by atomic mass is 9.88. The molecule has 92 valence electrons. The fourth-order valence-corrected chi connectivity index (χ4v) is 3.97. The molecule has 0 spiro atoms. The maximum Gasteiger partial charge on any atom is 0.0444 e. The van der Waals surface area contributed by atoms with Crippen molar-refractivity contribution >= 4 is 23.4 Å². The lowest BCUT2D eigenvalue weighted by Crippen LogP contribution is -2.09. The third kappa shape index (κ3) is 2.17. The second-order valence-electron chi connectivity index (χ2n) is 4.75. The Kier molecular flexibility index (Phi) is 3.36. The molecule has 0 amide bonds. The number of halogens is 1. The van der Waals surface area contributed by atoms with E-state index in [0.29, 0.717) is 5.92 Å². The van der Waals surface area contributed by atoms with E-state index in [0.717, 1.165) is 5.02 Å². The molecule has 0 fully saturated rings. The van der Waals surface area contributed by atoms with Crippen molar-refractivity contribution < 1.29 is 0 Å². The number of fused-ring (bicyclic) bond motifs is 1. The van der Waals surface area contributed by atoms with Crippen molar-refractivity contribution in [1.82, 2.24) is 0 Å². The van der Waals surface area contributed by atoms with Gasteiger partial charge in [-0.25, -0.2) is 0 Å². The molecule has 2 heteroatoms. The Labute approximate surface area is 117 Å². The van der Waals surface area contributed by atoms with E-state index in [1.54, 1.807) is 0 Å². The first-order valence-corrected chi connectivity index (χ1v) is 7.60. The fourth-order valence-electron chi connectivity index (χ4n) is 2.59. The van der Waals surface area contributed by atoms with Crippen LogP contribution in [-0.2, 0) is 0 Å². The molecule has 0 saturated heterocycles. The molecule has 0 aliphatic carbocycles. The molecule has 1 aliphatic heterocycles. The monoisotopic (exact) mass is 274 g/mol. The number of rotatable bonds is 1. The first-order valence-electron chi connectivity index (χ1n) is 6.23. The molecule has 0 bridgehead atoms. The Morgan fingerprint density at radius 2 is 1.94 bits per heavy atom. The van der Waals surface area contributed by atoms with Crippen LogP contribution in [0.25, 0.3) is 0 Å². The molecular formula is C16H15ClS. The van der Waals surface area contributed by atoms with Crippen LogP contribution < -0.4 is 0 Å². The number of hydrogen-bond donors (Lipinski definition) is 0. The van der Waals surface area contributed by atoms with Gasteiger partial charge in [0.15, 0.2) is 0 Å². The molecule has 2 aromatic rings. The van der Waals surface area contributed by atoms with Crippen LogP contribution in [0.1, 0.15) is 29.0 Å². The van der Waals surface area contributed by atoms with Gasteiger partial charge in [-0.2, -0.15) is 0 Å². The highest BCUT2D eigenvalue weighted by Crippen LogP contribution is 2.43. The first kappa shape index (κ1) is 12.1. The molecule has 0 radical (unpaired) electrons. The second-order valence-corrected chi connectivity index (χ2v) is 6.30. The van der Waals surface area contributed by atoms with Crippen LogP contribution in [-0.4, -0.2) is 5.75 Å². The van der Waals surface area contributed by atoms with Gasteiger partial charge in [-0.1, -0.05) is 47.5 Å². The predicted octanol–water partition coefficient (Wildman–Crippen LogP) is 5.28. The molecule has 1 aliphatic rings. The Balaban J connectivity index is 2.11. The molecule has 2 aromatic carbocycles. The zero-order valence-corrected chi connectivity index (χ0v) is 11.9. The normalized spacial score (nSPS) is 18.4. The summed E-state index contributed by atoms with van der Waals surface area (Å²) in [6, 6.07) is 15.0. The van der Waals surface area contributed by atoms with Gasteiger partial charge in [-0.05, 0) is 42.4 Å². The summed E-state index contributed by atoms with van der Waals surface area (Å²) in [5.74, 6) is 1.63. The van der Waals surface area contributed by atoms with Crippen LogP contribution in [0.4, 0.5) is 0 Å². The van der Waals surface area contributed by atoms with Gasteiger partial charge in [0, 0.05) is 15.8 Å². The van der Waals surface area contributed by atoms with Crippen molar-refractivity contribution in [1.29, 1.82) is 0 Å². The summed E-state index contributed by atoms with van der Waals surface area (Å²) in [4.78, 5) is 1.41. The van der Waals surface area contributed by atoms with E-state index in [1.165, 1.54) is 33.8 Å². The van der Waals surface area contributed by atoms with Crippen molar-refractivity contribution in [2.45, 2.75) is 24.2 Å². The predicted molar refractivity (Wildman–Crippen MR) is 79.8 cm³/mol. The van der Waals surface area contributed by atoms with Gasteiger partial charge in [0.1, 0.15) is 0 Å². The number of aryl methyl sites for hydroxylation is 1. The van der Waals surface area contributed by atoms with Gasteiger partial charge < -0.3 is 0 Å². The molecule has 1 heterocycles. The summed E-state index contributed by atoms with van der Waals surface area (Å²) in [6.45, 7) is 2.16. The molecule has 0 saturated carbocycles. The molecule has 0 N–H and O–H groups in total. The molecule has 1 unspecified atom stereocenters. The van der Waals surface area contributed by atoms with Gasteiger partial charge in [0.25, 0.3) is 0 Å². The average Bonchev–Trinajstić information content (AvgIpc) is 2.39.